The Morgan fingerprint density at radius 2 is 1.97 bits per heavy atom. The summed E-state index contributed by atoms with van der Waals surface area (Å²) in [4.78, 5) is 21.6. The average Bonchev–Trinajstić information content (AvgIpc) is 3.10. The number of nitrogens with one attached hydrogen (secondary N) is 1. The van der Waals surface area contributed by atoms with Crippen LogP contribution < -0.4 is 5.32 Å². The molecule has 0 radical (unpaired) electrons. The van der Waals surface area contributed by atoms with E-state index in [1.807, 2.05) is 0 Å². The standard InChI is InChI=1S/C13H12F6N6O4/c1-7-10(25(27)28)11(13(17,18)19)22-24(7)4-9(26)21-8-2-20-23(3-8)6-29-5-12(14,15)16/h2-3H,4-6H2,1H3,(H,21,26). The van der Waals surface area contributed by atoms with Crippen LogP contribution in [0.3, 0.4) is 0 Å². The molecule has 0 aliphatic heterocycles. The summed E-state index contributed by atoms with van der Waals surface area (Å²) >= 11 is 0. The number of halogens is 6. The molecule has 0 unspecified atom stereocenters. The predicted molar refractivity (Wildman–Crippen MR) is 81.5 cm³/mol. The minimum atomic E-state index is -5.09. The van der Waals surface area contributed by atoms with Gasteiger partial charge in [0.15, 0.2) is 0 Å². The van der Waals surface area contributed by atoms with Gasteiger partial charge >= 0.3 is 18.0 Å². The maximum Gasteiger partial charge on any atom is 0.442 e. The SMILES string of the molecule is Cc1c([N+](=O)[O-])c(C(F)(F)F)nn1CC(=O)Nc1cnn(COCC(F)(F)F)c1. The van der Waals surface area contributed by atoms with E-state index in [1.54, 1.807) is 0 Å². The van der Waals surface area contributed by atoms with E-state index in [1.165, 1.54) is 0 Å². The van der Waals surface area contributed by atoms with Gasteiger partial charge in [-0.15, -0.1) is 0 Å². The summed E-state index contributed by atoms with van der Waals surface area (Å²) in [7, 11) is 0. The summed E-state index contributed by atoms with van der Waals surface area (Å²) in [6.45, 7) is -1.84. The van der Waals surface area contributed by atoms with Crippen molar-refractivity contribution in [2.45, 2.75) is 32.6 Å². The van der Waals surface area contributed by atoms with Crippen molar-refractivity contribution < 1.29 is 40.8 Å². The second kappa shape index (κ2) is 8.06. The van der Waals surface area contributed by atoms with E-state index >= 15 is 0 Å². The number of nitrogens with zero attached hydrogens (tertiary/aromatic N) is 5. The summed E-state index contributed by atoms with van der Waals surface area (Å²) in [5, 5.41) is 19.8. The summed E-state index contributed by atoms with van der Waals surface area (Å²) < 4.78 is 80.5. The smallest absolute Gasteiger partial charge is 0.350 e. The number of amides is 1. The molecule has 0 bridgehead atoms. The van der Waals surface area contributed by atoms with Crippen LogP contribution in [0.15, 0.2) is 12.4 Å². The van der Waals surface area contributed by atoms with E-state index in [4.69, 9.17) is 0 Å². The molecule has 0 saturated carbocycles. The van der Waals surface area contributed by atoms with Gasteiger partial charge < -0.3 is 10.1 Å². The van der Waals surface area contributed by atoms with Crippen LogP contribution in [0.5, 0.6) is 0 Å². The van der Waals surface area contributed by atoms with Crippen molar-refractivity contribution in [2.75, 3.05) is 11.9 Å². The maximum atomic E-state index is 12.9. The van der Waals surface area contributed by atoms with Gasteiger partial charge in [0, 0.05) is 0 Å². The van der Waals surface area contributed by atoms with Crippen molar-refractivity contribution in [3.63, 3.8) is 0 Å². The lowest BCUT2D eigenvalue weighted by molar-refractivity contribution is -0.388. The highest BCUT2D eigenvalue weighted by molar-refractivity contribution is 5.90. The molecule has 1 N–H and O–H groups in total. The monoisotopic (exact) mass is 430 g/mol. The van der Waals surface area contributed by atoms with Gasteiger partial charge in [0.05, 0.1) is 23.0 Å². The molecule has 0 atom stereocenters. The first-order chi connectivity index (χ1) is 13.3. The summed E-state index contributed by atoms with van der Waals surface area (Å²) in [5.74, 6) is -0.894. The van der Waals surface area contributed by atoms with Crippen molar-refractivity contribution in [1.82, 2.24) is 19.6 Å². The minimum absolute atomic E-state index is 0.0148. The van der Waals surface area contributed by atoms with Crippen LogP contribution in [0.25, 0.3) is 0 Å². The highest BCUT2D eigenvalue weighted by atomic mass is 19.4. The Balaban J connectivity index is 2.04. The molecule has 10 nitrogen and oxygen atoms in total. The highest BCUT2D eigenvalue weighted by Crippen LogP contribution is 2.36. The number of carbonyl (C=O) groups is 1. The van der Waals surface area contributed by atoms with Crippen molar-refractivity contribution in [3.05, 3.63) is 33.9 Å². The lowest BCUT2D eigenvalue weighted by atomic mass is 10.3. The molecule has 0 aliphatic rings. The normalized spacial score (nSPS) is 12.2. The zero-order chi connectivity index (χ0) is 22.0. The molecule has 16 heteroatoms. The van der Waals surface area contributed by atoms with E-state index in [0.29, 0.717) is 4.68 Å². The van der Waals surface area contributed by atoms with Gasteiger partial charge in [-0.2, -0.15) is 36.5 Å². The second-order valence-electron chi connectivity index (χ2n) is 5.60. The van der Waals surface area contributed by atoms with Crippen LogP contribution in [-0.4, -0.2) is 43.2 Å². The van der Waals surface area contributed by atoms with Crippen molar-refractivity contribution in [2.24, 2.45) is 0 Å². The Hall–Kier alpha value is -3.17. The largest absolute Gasteiger partial charge is 0.442 e. The molecular formula is C13H12F6N6O4. The van der Waals surface area contributed by atoms with Gasteiger partial charge in [-0.25, -0.2) is 4.68 Å². The Bertz CT molecular complexity index is 903. The molecule has 2 rings (SSSR count). The topological polar surface area (TPSA) is 117 Å². The molecule has 0 fully saturated rings. The van der Waals surface area contributed by atoms with Gasteiger partial charge in [-0.05, 0) is 6.92 Å². The zero-order valence-electron chi connectivity index (χ0n) is 14.4. The Labute approximate surface area is 157 Å². The van der Waals surface area contributed by atoms with Crippen LogP contribution in [0.1, 0.15) is 11.4 Å². The van der Waals surface area contributed by atoms with Crippen molar-refractivity contribution in [3.8, 4) is 0 Å². The van der Waals surface area contributed by atoms with Crippen LogP contribution >= 0.6 is 0 Å². The molecule has 0 aromatic carbocycles. The summed E-state index contributed by atoms with van der Waals surface area (Å²) in [5.41, 5.74) is -3.46. The molecule has 29 heavy (non-hydrogen) atoms. The third-order valence-corrected chi connectivity index (χ3v) is 3.33. The van der Waals surface area contributed by atoms with Gasteiger partial charge in [0.25, 0.3) is 0 Å². The summed E-state index contributed by atoms with van der Waals surface area (Å²) in [6.07, 6.45) is -7.43. The maximum absolute atomic E-state index is 12.9. The highest BCUT2D eigenvalue weighted by Gasteiger charge is 2.44. The molecule has 160 valence electrons. The molecule has 0 spiro atoms. The molecule has 2 aromatic rings. The van der Waals surface area contributed by atoms with Crippen LogP contribution in [0.4, 0.5) is 37.7 Å². The fourth-order valence-corrected chi connectivity index (χ4v) is 2.19. The van der Waals surface area contributed by atoms with E-state index in [9.17, 15) is 41.3 Å². The van der Waals surface area contributed by atoms with E-state index in [0.717, 1.165) is 24.0 Å². The third-order valence-electron chi connectivity index (χ3n) is 3.33. The van der Waals surface area contributed by atoms with Gasteiger partial charge in [-0.3, -0.25) is 19.6 Å². The minimum Gasteiger partial charge on any atom is -0.350 e. The Kier molecular flexibility index (Phi) is 6.15. The van der Waals surface area contributed by atoms with Crippen molar-refractivity contribution in [1.29, 1.82) is 0 Å². The Morgan fingerprint density at radius 3 is 2.48 bits per heavy atom. The summed E-state index contributed by atoms with van der Waals surface area (Å²) in [6, 6.07) is 0. The number of alkyl halides is 6. The van der Waals surface area contributed by atoms with Crippen LogP contribution in [0.2, 0.25) is 0 Å². The van der Waals surface area contributed by atoms with Crippen molar-refractivity contribution >= 4 is 17.3 Å². The van der Waals surface area contributed by atoms with E-state index < -0.39 is 60.1 Å². The number of rotatable bonds is 7. The first-order valence-corrected chi connectivity index (χ1v) is 7.53. The van der Waals surface area contributed by atoms with Crippen LogP contribution in [0, 0.1) is 17.0 Å². The average molecular weight is 430 g/mol. The fourth-order valence-electron chi connectivity index (χ4n) is 2.19. The van der Waals surface area contributed by atoms with Crippen LogP contribution in [-0.2, 0) is 29.0 Å². The lowest BCUT2D eigenvalue weighted by Crippen LogP contribution is -2.20. The van der Waals surface area contributed by atoms with Gasteiger partial charge in [-0.1, -0.05) is 0 Å². The number of carbonyl (C=O) groups excluding carboxylic acids is 1. The zero-order valence-corrected chi connectivity index (χ0v) is 14.4. The second-order valence-corrected chi connectivity index (χ2v) is 5.60. The number of ether oxygens (including phenoxy) is 1. The molecule has 2 aromatic heterocycles. The van der Waals surface area contributed by atoms with E-state index in [-0.39, 0.29) is 5.69 Å². The number of aromatic nitrogens is 4. The first kappa shape index (κ1) is 22.1. The quantitative estimate of drug-likeness (QED) is 0.410. The predicted octanol–water partition coefficient (Wildman–Crippen LogP) is 2.49. The molecular weight excluding hydrogens is 418 g/mol. The van der Waals surface area contributed by atoms with E-state index in [2.05, 4.69) is 20.3 Å². The molecule has 0 aliphatic carbocycles. The van der Waals surface area contributed by atoms with Gasteiger partial charge in [0.1, 0.15) is 25.6 Å². The molecule has 0 saturated heterocycles. The number of hydrogen-bond acceptors (Lipinski definition) is 6. The first-order valence-electron chi connectivity index (χ1n) is 7.53. The Morgan fingerprint density at radius 1 is 1.31 bits per heavy atom. The number of nitro groups is 1. The lowest BCUT2D eigenvalue weighted by Gasteiger charge is -2.07. The number of hydrogen-bond donors (Lipinski definition) is 1. The third kappa shape index (κ3) is 5.90. The molecule has 1 amide bonds. The van der Waals surface area contributed by atoms with Gasteiger partial charge in [0.2, 0.25) is 11.6 Å². The molecule has 2 heterocycles. The fraction of sp³-hybridized carbons (Fsp3) is 0.462. The number of anilines is 1.